The Kier molecular flexibility index (Phi) is 7.93. The summed E-state index contributed by atoms with van der Waals surface area (Å²) in [5.74, 6) is -0.311. The van der Waals surface area contributed by atoms with Gasteiger partial charge in [0.05, 0.1) is 12.6 Å². The fourth-order valence-electron chi connectivity index (χ4n) is 2.52. The summed E-state index contributed by atoms with van der Waals surface area (Å²) in [4.78, 5) is 13.5. The molecule has 0 aliphatic heterocycles. The van der Waals surface area contributed by atoms with Crippen LogP contribution in [0.15, 0.2) is 28.7 Å². The second kappa shape index (κ2) is 9.18. The van der Waals surface area contributed by atoms with Gasteiger partial charge in [0.2, 0.25) is 5.91 Å². The van der Waals surface area contributed by atoms with Crippen LogP contribution in [0.2, 0.25) is 0 Å². The molecule has 4 N–H and O–H groups in total. The summed E-state index contributed by atoms with van der Waals surface area (Å²) in [6.45, 7) is 5.27. The molecule has 0 heterocycles. The number of hydrogen-bond donors (Lipinski definition) is 2. The van der Waals surface area contributed by atoms with Crippen LogP contribution in [-0.2, 0) is 4.79 Å². The number of nitrogens with two attached hydrogens (primary N) is 2. The van der Waals surface area contributed by atoms with Gasteiger partial charge in [-0.05, 0) is 37.1 Å². The van der Waals surface area contributed by atoms with Crippen molar-refractivity contribution in [3.63, 3.8) is 0 Å². The number of hydrogen-bond acceptors (Lipinski definition) is 3. The zero-order valence-electron chi connectivity index (χ0n) is 12.9. The first-order valence-corrected chi connectivity index (χ1v) is 8.32. The molecule has 5 heteroatoms. The predicted octanol–water partition coefficient (Wildman–Crippen LogP) is 2.81. The lowest BCUT2D eigenvalue weighted by Crippen LogP contribution is -2.45. The van der Waals surface area contributed by atoms with Gasteiger partial charge in [-0.15, -0.1) is 0 Å². The Morgan fingerprint density at radius 1 is 1.38 bits per heavy atom. The van der Waals surface area contributed by atoms with Crippen LogP contribution in [0, 0.1) is 0 Å². The second-order valence-corrected chi connectivity index (χ2v) is 6.28. The normalized spacial score (nSPS) is 14.1. The number of primary amides is 1. The molecule has 118 valence electrons. The molecule has 0 radical (unpaired) electrons. The van der Waals surface area contributed by atoms with Crippen molar-refractivity contribution in [3.05, 3.63) is 34.3 Å². The molecular weight excluding hydrogens is 330 g/mol. The number of unbranched alkanes of at least 4 members (excludes halogenated alkanes) is 1. The minimum absolute atomic E-state index is 0.00606. The van der Waals surface area contributed by atoms with Crippen LogP contribution in [0.4, 0.5) is 0 Å². The quantitative estimate of drug-likeness (QED) is 0.715. The first-order chi connectivity index (χ1) is 9.99. The van der Waals surface area contributed by atoms with Crippen LogP contribution in [0.3, 0.4) is 0 Å². The topological polar surface area (TPSA) is 72.3 Å². The number of amides is 1. The number of rotatable bonds is 9. The van der Waals surface area contributed by atoms with Crippen molar-refractivity contribution in [1.82, 2.24) is 4.90 Å². The molecule has 0 aliphatic rings. The summed E-state index contributed by atoms with van der Waals surface area (Å²) in [7, 11) is 0. The largest absolute Gasteiger partial charge is 0.369 e. The van der Waals surface area contributed by atoms with E-state index < -0.39 is 0 Å². The van der Waals surface area contributed by atoms with Crippen LogP contribution < -0.4 is 11.5 Å². The molecule has 0 saturated heterocycles. The molecule has 1 aromatic rings. The first kappa shape index (κ1) is 18.1. The van der Waals surface area contributed by atoms with Gasteiger partial charge in [0.25, 0.3) is 0 Å². The van der Waals surface area contributed by atoms with Crippen molar-refractivity contribution < 1.29 is 4.79 Å². The molecule has 0 aliphatic carbocycles. The van der Waals surface area contributed by atoms with Crippen molar-refractivity contribution in [3.8, 4) is 0 Å². The summed E-state index contributed by atoms with van der Waals surface area (Å²) in [6, 6.07) is 8.09. The predicted molar refractivity (Wildman–Crippen MR) is 90.8 cm³/mol. The minimum atomic E-state index is -0.311. The van der Waals surface area contributed by atoms with Crippen molar-refractivity contribution in [2.75, 3.05) is 13.1 Å². The monoisotopic (exact) mass is 355 g/mol. The highest BCUT2D eigenvalue weighted by Crippen LogP contribution is 2.27. The molecule has 0 bridgehead atoms. The molecule has 1 rings (SSSR count). The van der Waals surface area contributed by atoms with E-state index in [9.17, 15) is 4.79 Å². The third-order valence-electron chi connectivity index (χ3n) is 3.62. The fourth-order valence-corrected chi connectivity index (χ4v) is 2.94. The van der Waals surface area contributed by atoms with Gasteiger partial charge in [0, 0.05) is 10.5 Å². The number of carbonyl (C=O) groups excluding carboxylic acids is 1. The van der Waals surface area contributed by atoms with Gasteiger partial charge in [-0.2, -0.15) is 0 Å². The number of carbonyl (C=O) groups is 1. The maximum Gasteiger partial charge on any atom is 0.231 e. The van der Waals surface area contributed by atoms with Crippen LogP contribution in [0.5, 0.6) is 0 Å². The molecule has 0 saturated carbocycles. The highest BCUT2D eigenvalue weighted by Gasteiger charge is 2.26. The van der Waals surface area contributed by atoms with E-state index in [4.69, 9.17) is 11.5 Å². The fraction of sp³-hybridized carbons (Fsp3) is 0.562. The highest BCUT2D eigenvalue weighted by molar-refractivity contribution is 9.10. The van der Waals surface area contributed by atoms with Gasteiger partial charge < -0.3 is 11.5 Å². The van der Waals surface area contributed by atoms with E-state index in [-0.39, 0.29) is 24.5 Å². The summed E-state index contributed by atoms with van der Waals surface area (Å²) in [5, 5.41) is 0. The molecular formula is C16H26BrN3O. The van der Waals surface area contributed by atoms with Gasteiger partial charge in [-0.25, -0.2) is 0 Å². The first-order valence-electron chi connectivity index (χ1n) is 7.53. The second-order valence-electron chi connectivity index (χ2n) is 5.36. The van der Waals surface area contributed by atoms with E-state index in [1.807, 2.05) is 12.1 Å². The Labute approximate surface area is 136 Å². The van der Waals surface area contributed by atoms with Gasteiger partial charge in [-0.3, -0.25) is 9.69 Å². The molecule has 4 nitrogen and oxygen atoms in total. The lowest BCUT2D eigenvalue weighted by molar-refractivity contribution is -0.119. The van der Waals surface area contributed by atoms with Crippen LogP contribution in [-0.4, -0.2) is 29.9 Å². The Balaban J connectivity index is 3.09. The van der Waals surface area contributed by atoms with Gasteiger partial charge in [0.15, 0.2) is 0 Å². The number of nitrogens with zero attached hydrogens (tertiary/aromatic N) is 1. The molecule has 21 heavy (non-hydrogen) atoms. The number of halogens is 1. The minimum Gasteiger partial charge on any atom is -0.369 e. The molecule has 0 spiro atoms. The summed E-state index contributed by atoms with van der Waals surface area (Å²) >= 11 is 3.50. The number of benzene rings is 1. The lowest BCUT2D eigenvalue weighted by Gasteiger charge is -2.35. The Morgan fingerprint density at radius 2 is 2.10 bits per heavy atom. The summed E-state index contributed by atoms with van der Waals surface area (Å²) in [5.41, 5.74) is 12.9. The standard InChI is InChI=1S/C16H26BrN3O/c1-3-5-9-20(11-15(19)21)16(14(18)4-2)12-7-6-8-13(17)10-12/h6-8,10,14,16H,3-5,9,11,18H2,1-2H3,(H2,19,21). The molecule has 0 fully saturated rings. The Bertz CT molecular complexity index is 453. The van der Waals surface area contributed by atoms with E-state index in [0.717, 1.165) is 35.8 Å². The van der Waals surface area contributed by atoms with Crippen molar-refractivity contribution >= 4 is 21.8 Å². The average molecular weight is 356 g/mol. The molecule has 2 unspecified atom stereocenters. The highest BCUT2D eigenvalue weighted by atomic mass is 79.9. The zero-order valence-corrected chi connectivity index (χ0v) is 14.5. The summed E-state index contributed by atoms with van der Waals surface area (Å²) in [6.07, 6.45) is 2.94. The maximum atomic E-state index is 11.4. The van der Waals surface area contributed by atoms with E-state index in [0.29, 0.717) is 0 Å². The van der Waals surface area contributed by atoms with Crippen LogP contribution in [0.25, 0.3) is 0 Å². The molecule has 1 amide bonds. The summed E-state index contributed by atoms with van der Waals surface area (Å²) < 4.78 is 1.02. The van der Waals surface area contributed by atoms with Crippen LogP contribution in [0.1, 0.15) is 44.7 Å². The third-order valence-corrected chi connectivity index (χ3v) is 4.11. The Morgan fingerprint density at radius 3 is 2.62 bits per heavy atom. The van der Waals surface area contributed by atoms with E-state index >= 15 is 0 Å². The van der Waals surface area contributed by atoms with Gasteiger partial charge in [0.1, 0.15) is 0 Å². The molecule has 2 atom stereocenters. The molecule has 0 aromatic heterocycles. The Hall–Kier alpha value is -0.910. The zero-order chi connectivity index (χ0) is 15.8. The van der Waals surface area contributed by atoms with E-state index in [1.165, 1.54) is 0 Å². The SMILES string of the molecule is CCCCN(CC(N)=O)C(c1cccc(Br)c1)C(N)CC. The van der Waals surface area contributed by atoms with E-state index in [2.05, 4.69) is 46.8 Å². The third kappa shape index (κ3) is 5.77. The maximum absolute atomic E-state index is 11.4. The van der Waals surface area contributed by atoms with Gasteiger partial charge >= 0.3 is 0 Å². The molecule has 1 aromatic carbocycles. The van der Waals surface area contributed by atoms with Crippen molar-refractivity contribution in [2.45, 2.75) is 45.2 Å². The average Bonchev–Trinajstić information content (AvgIpc) is 2.44. The van der Waals surface area contributed by atoms with Gasteiger partial charge in [-0.1, -0.05) is 48.3 Å². The van der Waals surface area contributed by atoms with Crippen molar-refractivity contribution in [1.29, 1.82) is 0 Å². The smallest absolute Gasteiger partial charge is 0.231 e. The van der Waals surface area contributed by atoms with E-state index in [1.54, 1.807) is 0 Å². The lowest BCUT2D eigenvalue weighted by atomic mass is 9.96. The van der Waals surface area contributed by atoms with Crippen molar-refractivity contribution in [2.24, 2.45) is 11.5 Å². The van der Waals surface area contributed by atoms with Crippen LogP contribution >= 0.6 is 15.9 Å².